The summed E-state index contributed by atoms with van der Waals surface area (Å²) < 4.78 is 122. The van der Waals surface area contributed by atoms with Crippen molar-refractivity contribution in [2.24, 2.45) is 5.92 Å². The van der Waals surface area contributed by atoms with Crippen LogP contribution < -0.4 is 0 Å². The summed E-state index contributed by atoms with van der Waals surface area (Å²) in [6.07, 6.45) is -8.48. The second kappa shape index (κ2) is 5.09. The minimum absolute atomic E-state index is 1.54. The first-order valence-corrected chi connectivity index (χ1v) is 5.75. The van der Waals surface area contributed by atoms with Crippen LogP contribution in [0.2, 0.25) is 0 Å². The Morgan fingerprint density at radius 2 is 1.43 bits per heavy atom. The van der Waals surface area contributed by atoms with Gasteiger partial charge in [-0.1, -0.05) is 0 Å². The zero-order chi connectivity index (χ0) is 16.9. The van der Waals surface area contributed by atoms with Gasteiger partial charge in [-0.25, -0.2) is 4.79 Å². The lowest BCUT2D eigenvalue weighted by Gasteiger charge is -2.39. The van der Waals surface area contributed by atoms with E-state index >= 15 is 0 Å². The van der Waals surface area contributed by atoms with Crippen molar-refractivity contribution in [3.05, 3.63) is 0 Å². The number of carbonyl (C=O) groups is 1. The van der Waals surface area contributed by atoms with E-state index in [-0.39, 0.29) is 0 Å². The Morgan fingerprint density at radius 1 is 0.952 bits per heavy atom. The van der Waals surface area contributed by atoms with Gasteiger partial charge in [-0.2, -0.15) is 39.5 Å². The molecule has 0 N–H and O–H groups in total. The first-order chi connectivity index (χ1) is 9.16. The summed E-state index contributed by atoms with van der Waals surface area (Å²) in [4.78, 5) is 10.5. The molecule has 0 radical (unpaired) electrons. The van der Waals surface area contributed by atoms with E-state index in [0.29, 0.717) is 0 Å². The zero-order valence-electron chi connectivity index (χ0n) is 9.37. The highest BCUT2D eigenvalue weighted by Gasteiger charge is 2.83. The molecule has 0 aromatic rings. The molecule has 1 aliphatic heterocycles. The molecule has 13 heteroatoms. The predicted octanol–water partition coefficient (Wildman–Crippen LogP) is 3.96. The van der Waals surface area contributed by atoms with Crippen LogP contribution in [0.15, 0.2) is 0 Å². The Kier molecular flexibility index (Phi) is 4.40. The van der Waals surface area contributed by atoms with Gasteiger partial charge in [0.1, 0.15) is 12.5 Å². The van der Waals surface area contributed by atoms with E-state index in [1.165, 1.54) is 0 Å². The smallest absolute Gasteiger partial charge is 0.434 e. The van der Waals surface area contributed by atoms with Crippen molar-refractivity contribution in [1.29, 1.82) is 0 Å². The monoisotopic (exact) mass is 398 g/mol. The molecule has 124 valence electrons. The number of hydrogen-bond acceptors (Lipinski definition) is 3. The lowest BCUT2D eigenvalue weighted by molar-refractivity contribution is -0.406. The molecule has 21 heavy (non-hydrogen) atoms. The van der Waals surface area contributed by atoms with Gasteiger partial charge in [0.2, 0.25) is 0 Å². The highest BCUT2D eigenvalue weighted by atomic mass is 79.9. The molecular formula is C8H4BrF9O3. The maximum atomic E-state index is 13.5. The normalized spacial score (nSPS) is 25.3. The minimum Gasteiger partial charge on any atom is -0.434 e. The highest BCUT2D eigenvalue weighted by Crippen LogP contribution is 2.56. The van der Waals surface area contributed by atoms with E-state index in [1.807, 2.05) is 0 Å². The molecule has 0 bridgehead atoms. The molecule has 2 atom stereocenters. The quantitative estimate of drug-likeness (QED) is 0.410. The number of hydrogen-bond donors (Lipinski definition) is 0. The third-order valence-electron chi connectivity index (χ3n) is 2.54. The van der Waals surface area contributed by atoms with Crippen molar-refractivity contribution in [3.8, 4) is 0 Å². The van der Waals surface area contributed by atoms with Crippen molar-refractivity contribution >= 4 is 22.1 Å². The summed E-state index contributed by atoms with van der Waals surface area (Å²) in [5.74, 6) is -22.6. The standard InChI is InChI=1S/C8H4BrF9O3/c9-3-2(1-20-4(19)21-3)5(10,11)6(12,13)7(14,15)8(16,17)18/h2-3H,1H2. The van der Waals surface area contributed by atoms with Gasteiger partial charge >= 0.3 is 30.1 Å². The van der Waals surface area contributed by atoms with Crippen LogP contribution in [0, 0.1) is 5.92 Å². The summed E-state index contributed by atoms with van der Waals surface area (Å²) >= 11 is 2.18. The largest absolute Gasteiger partial charge is 0.509 e. The van der Waals surface area contributed by atoms with Crippen LogP contribution in [0.25, 0.3) is 0 Å². The van der Waals surface area contributed by atoms with Gasteiger partial charge in [0.15, 0.2) is 5.01 Å². The average molecular weight is 399 g/mol. The SMILES string of the molecule is O=C1OCC(C(F)(F)C(F)(F)C(F)(F)C(F)(F)F)C(Br)O1. The van der Waals surface area contributed by atoms with Crippen molar-refractivity contribution in [2.75, 3.05) is 6.61 Å². The van der Waals surface area contributed by atoms with Crippen LogP contribution in [0.5, 0.6) is 0 Å². The Balaban J connectivity index is 3.19. The van der Waals surface area contributed by atoms with E-state index in [0.717, 1.165) is 0 Å². The molecule has 3 nitrogen and oxygen atoms in total. The Morgan fingerprint density at radius 3 is 1.81 bits per heavy atom. The topological polar surface area (TPSA) is 35.5 Å². The fourth-order valence-corrected chi connectivity index (χ4v) is 1.97. The average Bonchev–Trinajstić information content (AvgIpc) is 2.26. The molecule has 0 aliphatic carbocycles. The second-order valence-corrected chi connectivity index (χ2v) is 4.81. The molecule has 0 amide bonds. The lowest BCUT2D eigenvalue weighted by atomic mass is 9.92. The number of halogens is 10. The summed E-state index contributed by atoms with van der Waals surface area (Å²) in [7, 11) is 0. The Labute approximate surface area is 118 Å². The van der Waals surface area contributed by atoms with Gasteiger partial charge < -0.3 is 9.47 Å². The lowest BCUT2D eigenvalue weighted by Crippen LogP contribution is -2.65. The van der Waals surface area contributed by atoms with Crippen LogP contribution in [-0.2, 0) is 9.47 Å². The molecule has 0 aromatic carbocycles. The van der Waals surface area contributed by atoms with Crippen LogP contribution in [0.3, 0.4) is 0 Å². The van der Waals surface area contributed by atoms with Gasteiger partial charge in [0.05, 0.1) is 0 Å². The third-order valence-corrected chi connectivity index (χ3v) is 3.37. The number of ether oxygens (including phenoxy) is 2. The fraction of sp³-hybridized carbons (Fsp3) is 0.875. The van der Waals surface area contributed by atoms with E-state index in [1.54, 1.807) is 0 Å². The van der Waals surface area contributed by atoms with Crippen LogP contribution in [0.4, 0.5) is 44.3 Å². The molecule has 1 heterocycles. The van der Waals surface area contributed by atoms with Gasteiger partial charge in [-0.15, -0.1) is 0 Å². The molecule has 0 spiro atoms. The third kappa shape index (κ3) is 2.75. The summed E-state index contributed by atoms with van der Waals surface area (Å²) in [6.45, 7) is -1.54. The molecule has 1 aliphatic rings. The summed E-state index contributed by atoms with van der Waals surface area (Å²) in [6, 6.07) is 0. The van der Waals surface area contributed by atoms with Crippen LogP contribution >= 0.6 is 15.9 Å². The van der Waals surface area contributed by atoms with E-state index in [9.17, 15) is 44.3 Å². The van der Waals surface area contributed by atoms with Crippen LogP contribution in [-0.4, -0.2) is 41.7 Å². The van der Waals surface area contributed by atoms with Crippen molar-refractivity contribution in [3.63, 3.8) is 0 Å². The molecular weight excluding hydrogens is 395 g/mol. The van der Waals surface area contributed by atoms with Gasteiger partial charge in [0.25, 0.3) is 0 Å². The number of rotatable bonds is 3. The predicted molar refractivity (Wildman–Crippen MR) is 49.5 cm³/mol. The van der Waals surface area contributed by atoms with Crippen molar-refractivity contribution in [2.45, 2.75) is 29.0 Å². The van der Waals surface area contributed by atoms with E-state index < -0.39 is 47.6 Å². The molecule has 0 aromatic heterocycles. The molecule has 0 saturated carbocycles. The number of carbonyl (C=O) groups excluding carboxylic acids is 1. The summed E-state index contributed by atoms with van der Waals surface area (Å²) in [5, 5.41) is -2.23. The first-order valence-electron chi connectivity index (χ1n) is 4.84. The molecule has 2 unspecified atom stereocenters. The number of alkyl halides is 10. The molecule has 1 rings (SSSR count). The molecule has 1 fully saturated rings. The minimum atomic E-state index is -7.00. The van der Waals surface area contributed by atoms with Gasteiger partial charge in [0, 0.05) is 0 Å². The number of cyclic esters (lactones) is 2. The van der Waals surface area contributed by atoms with Crippen LogP contribution in [0.1, 0.15) is 0 Å². The van der Waals surface area contributed by atoms with Gasteiger partial charge in [-0.3, -0.25) is 0 Å². The maximum absolute atomic E-state index is 13.5. The maximum Gasteiger partial charge on any atom is 0.509 e. The van der Waals surface area contributed by atoms with E-state index in [4.69, 9.17) is 0 Å². The van der Waals surface area contributed by atoms with E-state index in [2.05, 4.69) is 25.4 Å². The van der Waals surface area contributed by atoms with Crippen molar-refractivity contribution in [1.82, 2.24) is 0 Å². The highest BCUT2D eigenvalue weighted by molar-refractivity contribution is 9.09. The fourth-order valence-electron chi connectivity index (χ4n) is 1.33. The zero-order valence-corrected chi connectivity index (χ0v) is 11.0. The molecule has 1 saturated heterocycles. The van der Waals surface area contributed by atoms with Crippen molar-refractivity contribution < 1.29 is 53.8 Å². The Hall–Kier alpha value is -0.880. The van der Waals surface area contributed by atoms with Gasteiger partial charge in [-0.05, 0) is 15.9 Å². The Bertz CT molecular complexity index is 422. The second-order valence-electron chi connectivity index (χ2n) is 3.91. The summed E-state index contributed by atoms with van der Waals surface area (Å²) in [5.41, 5.74) is 0. The first kappa shape index (κ1) is 18.2.